The Kier molecular flexibility index (Phi) is 2.75. The van der Waals surface area contributed by atoms with E-state index in [9.17, 15) is 8.78 Å². The topological polar surface area (TPSA) is 21.3 Å². The lowest BCUT2D eigenvalue weighted by Crippen LogP contribution is -2.68. The standard InChI is InChI=1S/C11H19F2NO/c1-8-3-9(2)15-11(14-8)4-10(5-11,6-12)7-13/h8-9,14H,3-7H2,1-2H3. The summed E-state index contributed by atoms with van der Waals surface area (Å²) >= 11 is 0. The second-order valence-electron chi connectivity index (χ2n) is 5.32. The van der Waals surface area contributed by atoms with Crippen LogP contribution in [0, 0.1) is 5.41 Å². The number of ether oxygens (including phenoxy) is 1. The molecule has 0 aromatic carbocycles. The Morgan fingerprint density at radius 3 is 2.33 bits per heavy atom. The van der Waals surface area contributed by atoms with Crippen molar-refractivity contribution in [2.24, 2.45) is 5.41 Å². The van der Waals surface area contributed by atoms with Crippen molar-refractivity contribution in [1.29, 1.82) is 0 Å². The van der Waals surface area contributed by atoms with Gasteiger partial charge in [0.25, 0.3) is 0 Å². The Morgan fingerprint density at radius 1 is 1.27 bits per heavy atom. The molecule has 2 atom stereocenters. The van der Waals surface area contributed by atoms with E-state index in [4.69, 9.17) is 4.74 Å². The lowest BCUT2D eigenvalue weighted by molar-refractivity contribution is -0.243. The normalized spacial score (nSPS) is 37.6. The highest BCUT2D eigenvalue weighted by molar-refractivity contribution is 5.06. The SMILES string of the molecule is CC1CC(C)OC2(CC(CF)(CF)C2)N1. The van der Waals surface area contributed by atoms with Crippen molar-refractivity contribution < 1.29 is 13.5 Å². The summed E-state index contributed by atoms with van der Waals surface area (Å²) < 4.78 is 31.2. The maximum atomic E-state index is 12.7. The predicted molar refractivity (Wildman–Crippen MR) is 54.1 cm³/mol. The van der Waals surface area contributed by atoms with Crippen LogP contribution in [0.1, 0.15) is 33.1 Å². The minimum atomic E-state index is -0.774. The van der Waals surface area contributed by atoms with Crippen molar-refractivity contribution in [2.45, 2.75) is 51.0 Å². The minimum Gasteiger partial charge on any atom is -0.358 e. The van der Waals surface area contributed by atoms with Crippen molar-refractivity contribution >= 4 is 0 Å². The molecule has 15 heavy (non-hydrogen) atoms. The van der Waals surface area contributed by atoms with Gasteiger partial charge in [-0.05, 0) is 20.3 Å². The van der Waals surface area contributed by atoms with Crippen molar-refractivity contribution in [3.05, 3.63) is 0 Å². The molecule has 1 aliphatic heterocycles. The summed E-state index contributed by atoms with van der Waals surface area (Å²) in [6, 6.07) is 0.367. The largest absolute Gasteiger partial charge is 0.358 e. The van der Waals surface area contributed by atoms with Gasteiger partial charge in [-0.15, -0.1) is 0 Å². The monoisotopic (exact) mass is 219 g/mol. The maximum Gasteiger partial charge on any atom is 0.121 e. The minimum absolute atomic E-state index is 0.179. The molecule has 0 radical (unpaired) electrons. The molecule has 0 aromatic heterocycles. The predicted octanol–water partition coefficient (Wildman–Crippen LogP) is 2.19. The molecule has 4 heteroatoms. The van der Waals surface area contributed by atoms with E-state index in [1.54, 1.807) is 0 Å². The first-order chi connectivity index (χ1) is 7.03. The first-order valence-electron chi connectivity index (χ1n) is 5.61. The van der Waals surface area contributed by atoms with Crippen LogP contribution in [0.4, 0.5) is 8.78 Å². The van der Waals surface area contributed by atoms with Gasteiger partial charge in [-0.2, -0.15) is 0 Å². The molecule has 1 saturated carbocycles. The van der Waals surface area contributed by atoms with Crippen LogP contribution in [0.2, 0.25) is 0 Å². The maximum absolute atomic E-state index is 12.7. The van der Waals surface area contributed by atoms with E-state index < -0.39 is 24.5 Å². The van der Waals surface area contributed by atoms with E-state index in [-0.39, 0.29) is 6.10 Å². The molecule has 0 aromatic rings. The first-order valence-corrected chi connectivity index (χ1v) is 5.61. The summed E-state index contributed by atoms with van der Waals surface area (Å²) in [5.74, 6) is 0. The number of alkyl halides is 2. The molecule has 1 saturated heterocycles. The van der Waals surface area contributed by atoms with E-state index in [2.05, 4.69) is 12.2 Å². The number of halogens is 2. The average Bonchev–Trinajstić information content (AvgIpc) is 2.11. The van der Waals surface area contributed by atoms with Crippen molar-refractivity contribution in [3.8, 4) is 0 Å². The molecule has 2 aliphatic rings. The molecular formula is C11H19F2NO. The number of rotatable bonds is 2. The number of nitrogens with one attached hydrogen (secondary N) is 1. The zero-order chi connectivity index (χ0) is 11.1. The van der Waals surface area contributed by atoms with Crippen LogP contribution in [0.25, 0.3) is 0 Å². The molecule has 2 rings (SSSR count). The fraction of sp³-hybridized carbons (Fsp3) is 1.00. The number of hydrogen-bond donors (Lipinski definition) is 1. The van der Waals surface area contributed by atoms with Gasteiger partial charge in [0, 0.05) is 24.3 Å². The van der Waals surface area contributed by atoms with Crippen LogP contribution in [0.3, 0.4) is 0 Å². The van der Waals surface area contributed by atoms with Gasteiger partial charge >= 0.3 is 0 Å². The van der Waals surface area contributed by atoms with Gasteiger partial charge in [-0.25, -0.2) is 0 Å². The molecule has 0 amide bonds. The van der Waals surface area contributed by atoms with Crippen molar-refractivity contribution in [3.63, 3.8) is 0 Å². The Morgan fingerprint density at radius 2 is 1.87 bits per heavy atom. The van der Waals surface area contributed by atoms with E-state index in [0.29, 0.717) is 18.9 Å². The molecule has 0 bridgehead atoms. The summed E-state index contributed by atoms with van der Waals surface area (Å²) in [6.07, 6.45) is 2.06. The Bertz CT molecular complexity index is 223. The van der Waals surface area contributed by atoms with Crippen molar-refractivity contribution in [1.82, 2.24) is 5.32 Å². The summed E-state index contributed by atoms with van der Waals surface area (Å²) in [7, 11) is 0. The number of hydrogen-bond acceptors (Lipinski definition) is 2. The van der Waals surface area contributed by atoms with E-state index in [0.717, 1.165) is 6.42 Å². The van der Waals surface area contributed by atoms with Crippen LogP contribution in [-0.2, 0) is 4.74 Å². The Balaban J connectivity index is 2.00. The summed E-state index contributed by atoms with van der Waals surface area (Å²) in [5.41, 5.74) is -1.22. The van der Waals surface area contributed by atoms with Gasteiger partial charge in [-0.3, -0.25) is 14.1 Å². The third-order valence-electron chi connectivity index (χ3n) is 3.51. The molecule has 1 heterocycles. The van der Waals surface area contributed by atoms with Gasteiger partial charge in [-0.1, -0.05) is 0 Å². The third kappa shape index (κ3) is 1.89. The van der Waals surface area contributed by atoms with Gasteiger partial charge in [0.05, 0.1) is 19.5 Å². The molecule has 1 aliphatic carbocycles. The van der Waals surface area contributed by atoms with Crippen LogP contribution in [-0.4, -0.2) is 31.2 Å². The fourth-order valence-electron chi connectivity index (χ4n) is 3.04. The second kappa shape index (κ2) is 3.67. The lowest BCUT2D eigenvalue weighted by Gasteiger charge is -2.57. The van der Waals surface area contributed by atoms with Crippen LogP contribution >= 0.6 is 0 Å². The van der Waals surface area contributed by atoms with Crippen molar-refractivity contribution in [2.75, 3.05) is 13.3 Å². The summed E-state index contributed by atoms with van der Waals surface area (Å²) in [4.78, 5) is 0. The molecule has 1 N–H and O–H groups in total. The highest BCUT2D eigenvalue weighted by Gasteiger charge is 2.58. The van der Waals surface area contributed by atoms with Gasteiger partial charge in [0.1, 0.15) is 5.72 Å². The smallest absolute Gasteiger partial charge is 0.121 e. The summed E-state index contributed by atoms with van der Waals surface area (Å²) in [5, 5.41) is 3.33. The zero-order valence-electron chi connectivity index (χ0n) is 9.35. The van der Waals surface area contributed by atoms with Gasteiger partial charge in [0.15, 0.2) is 0 Å². The first kappa shape index (κ1) is 11.3. The molecule has 2 nitrogen and oxygen atoms in total. The highest BCUT2D eigenvalue weighted by atomic mass is 19.1. The average molecular weight is 219 g/mol. The molecule has 2 unspecified atom stereocenters. The fourth-order valence-corrected chi connectivity index (χ4v) is 3.04. The van der Waals surface area contributed by atoms with Crippen LogP contribution in [0.15, 0.2) is 0 Å². The Labute approximate surface area is 89.4 Å². The molecule has 1 spiro atoms. The second-order valence-corrected chi connectivity index (χ2v) is 5.32. The molecular weight excluding hydrogens is 200 g/mol. The quantitative estimate of drug-likeness (QED) is 0.768. The van der Waals surface area contributed by atoms with E-state index >= 15 is 0 Å². The third-order valence-corrected chi connectivity index (χ3v) is 3.51. The van der Waals surface area contributed by atoms with E-state index in [1.165, 1.54) is 0 Å². The lowest BCUT2D eigenvalue weighted by atomic mass is 9.63. The van der Waals surface area contributed by atoms with Crippen LogP contribution in [0.5, 0.6) is 0 Å². The summed E-state index contributed by atoms with van der Waals surface area (Å²) in [6.45, 7) is 2.94. The molecule has 2 fully saturated rings. The van der Waals surface area contributed by atoms with Gasteiger partial charge in [0.2, 0.25) is 0 Å². The van der Waals surface area contributed by atoms with Crippen LogP contribution < -0.4 is 5.32 Å². The zero-order valence-corrected chi connectivity index (χ0v) is 9.35. The Hall–Kier alpha value is -0.220. The molecule has 88 valence electrons. The van der Waals surface area contributed by atoms with Gasteiger partial charge < -0.3 is 4.74 Å². The highest BCUT2D eigenvalue weighted by Crippen LogP contribution is 2.51. The van der Waals surface area contributed by atoms with E-state index in [1.807, 2.05) is 6.92 Å².